The summed E-state index contributed by atoms with van der Waals surface area (Å²) in [7, 11) is 0. The molecule has 1 saturated heterocycles. The summed E-state index contributed by atoms with van der Waals surface area (Å²) in [5.74, 6) is -0.922. The van der Waals surface area contributed by atoms with Gasteiger partial charge in [-0.25, -0.2) is 4.39 Å². The van der Waals surface area contributed by atoms with Crippen molar-refractivity contribution in [2.45, 2.75) is 6.92 Å². The summed E-state index contributed by atoms with van der Waals surface area (Å²) < 4.78 is 11.9. The average molecular weight is 175 g/mol. The molecule has 0 spiro atoms. The summed E-state index contributed by atoms with van der Waals surface area (Å²) in [4.78, 5) is 12.5. The van der Waals surface area contributed by atoms with Gasteiger partial charge in [-0.05, 0) is 5.92 Å². The average Bonchev–Trinajstić information content (AvgIpc) is 2.32. The summed E-state index contributed by atoms with van der Waals surface area (Å²) in [6, 6.07) is 0. The van der Waals surface area contributed by atoms with E-state index in [1.807, 2.05) is 11.8 Å². The van der Waals surface area contributed by atoms with Gasteiger partial charge in [0.05, 0.1) is 5.92 Å². The first kappa shape index (κ1) is 9.45. The highest BCUT2D eigenvalue weighted by Crippen LogP contribution is 2.22. The number of nitrogens with zero attached hydrogens (tertiary/aromatic N) is 1. The van der Waals surface area contributed by atoms with Gasteiger partial charge >= 0.3 is 5.97 Å². The number of halogens is 1. The monoisotopic (exact) mass is 175 g/mol. The van der Waals surface area contributed by atoms with E-state index >= 15 is 0 Å². The van der Waals surface area contributed by atoms with E-state index in [9.17, 15) is 9.18 Å². The van der Waals surface area contributed by atoms with Gasteiger partial charge in [0.1, 0.15) is 6.67 Å². The van der Waals surface area contributed by atoms with Crippen molar-refractivity contribution in [1.82, 2.24) is 4.90 Å². The molecule has 1 N–H and O–H groups in total. The zero-order valence-corrected chi connectivity index (χ0v) is 7.16. The zero-order valence-electron chi connectivity index (χ0n) is 7.16. The third-order valence-corrected chi connectivity index (χ3v) is 2.41. The molecule has 0 aliphatic carbocycles. The number of alkyl halides is 1. The Labute approximate surface area is 71.2 Å². The van der Waals surface area contributed by atoms with Crippen molar-refractivity contribution in [2.24, 2.45) is 11.8 Å². The highest BCUT2D eigenvalue weighted by atomic mass is 19.1. The van der Waals surface area contributed by atoms with Crippen molar-refractivity contribution in [3.05, 3.63) is 0 Å². The molecule has 0 aromatic heterocycles. The highest BCUT2D eigenvalue weighted by molar-refractivity contribution is 5.71. The first-order valence-corrected chi connectivity index (χ1v) is 4.16. The van der Waals surface area contributed by atoms with Gasteiger partial charge in [0.25, 0.3) is 0 Å². The zero-order chi connectivity index (χ0) is 9.14. The van der Waals surface area contributed by atoms with Crippen LogP contribution in [0.4, 0.5) is 4.39 Å². The lowest BCUT2D eigenvalue weighted by atomic mass is 9.99. The standard InChI is InChI=1S/C8H14FNO2/c1-6-4-10(3-2-9)5-7(6)8(11)12/h6-7H,2-5H2,1H3,(H,11,12). The smallest absolute Gasteiger partial charge is 0.308 e. The van der Waals surface area contributed by atoms with Crippen molar-refractivity contribution in [3.63, 3.8) is 0 Å². The van der Waals surface area contributed by atoms with Crippen LogP contribution in [0.5, 0.6) is 0 Å². The molecule has 0 bridgehead atoms. The SMILES string of the molecule is CC1CN(CCF)CC1C(=O)O. The molecule has 2 unspecified atom stereocenters. The molecule has 0 amide bonds. The molecule has 0 aromatic rings. The predicted molar refractivity (Wildman–Crippen MR) is 42.7 cm³/mol. The van der Waals surface area contributed by atoms with Gasteiger partial charge in [0, 0.05) is 19.6 Å². The van der Waals surface area contributed by atoms with Gasteiger partial charge in [-0.2, -0.15) is 0 Å². The Morgan fingerprint density at radius 3 is 2.75 bits per heavy atom. The molecule has 70 valence electrons. The van der Waals surface area contributed by atoms with Gasteiger partial charge in [-0.1, -0.05) is 6.92 Å². The van der Waals surface area contributed by atoms with E-state index in [0.29, 0.717) is 19.6 Å². The number of hydrogen-bond donors (Lipinski definition) is 1. The van der Waals surface area contributed by atoms with Gasteiger partial charge in [-0.3, -0.25) is 9.69 Å². The van der Waals surface area contributed by atoms with Crippen LogP contribution in [0.2, 0.25) is 0 Å². The molecule has 0 aromatic carbocycles. The topological polar surface area (TPSA) is 40.5 Å². The number of rotatable bonds is 3. The van der Waals surface area contributed by atoms with E-state index < -0.39 is 5.97 Å². The number of hydrogen-bond acceptors (Lipinski definition) is 2. The van der Waals surface area contributed by atoms with Crippen LogP contribution in [0.1, 0.15) is 6.92 Å². The Bertz CT molecular complexity index is 174. The number of aliphatic carboxylic acids is 1. The van der Waals surface area contributed by atoms with Crippen LogP contribution in [0.3, 0.4) is 0 Å². The molecule has 12 heavy (non-hydrogen) atoms. The van der Waals surface area contributed by atoms with E-state index in [1.165, 1.54) is 0 Å². The Hall–Kier alpha value is -0.640. The van der Waals surface area contributed by atoms with Crippen LogP contribution in [-0.4, -0.2) is 42.3 Å². The van der Waals surface area contributed by atoms with E-state index in [2.05, 4.69) is 0 Å². The second-order valence-electron chi connectivity index (χ2n) is 3.37. The lowest BCUT2D eigenvalue weighted by Crippen LogP contribution is -2.25. The number of carbonyl (C=O) groups is 1. The van der Waals surface area contributed by atoms with E-state index in [4.69, 9.17) is 5.11 Å². The lowest BCUT2D eigenvalue weighted by molar-refractivity contribution is -0.142. The summed E-state index contributed by atoms with van der Waals surface area (Å²) in [5.41, 5.74) is 0. The molecule has 1 heterocycles. The quantitative estimate of drug-likeness (QED) is 0.683. The maximum Gasteiger partial charge on any atom is 0.308 e. The minimum Gasteiger partial charge on any atom is -0.481 e. The van der Waals surface area contributed by atoms with Crippen LogP contribution < -0.4 is 0 Å². The maximum atomic E-state index is 11.9. The molecule has 3 nitrogen and oxygen atoms in total. The van der Waals surface area contributed by atoms with E-state index in [-0.39, 0.29) is 18.5 Å². The van der Waals surface area contributed by atoms with Crippen molar-refractivity contribution in [2.75, 3.05) is 26.3 Å². The second kappa shape index (κ2) is 3.85. The summed E-state index contributed by atoms with van der Waals surface area (Å²) in [6.07, 6.45) is 0. The van der Waals surface area contributed by atoms with Crippen molar-refractivity contribution in [1.29, 1.82) is 0 Å². The fourth-order valence-corrected chi connectivity index (χ4v) is 1.69. The Balaban J connectivity index is 2.44. The predicted octanol–water partition coefficient (Wildman–Crippen LogP) is 0.608. The maximum absolute atomic E-state index is 11.9. The van der Waals surface area contributed by atoms with Crippen LogP contribution in [0.25, 0.3) is 0 Å². The molecule has 4 heteroatoms. The molecule has 0 saturated carbocycles. The Morgan fingerprint density at radius 2 is 2.33 bits per heavy atom. The molecular formula is C8H14FNO2. The normalized spacial score (nSPS) is 30.8. The third kappa shape index (κ3) is 1.94. The summed E-state index contributed by atoms with van der Waals surface area (Å²) >= 11 is 0. The van der Waals surface area contributed by atoms with Crippen molar-refractivity contribution in [3.8, 4) is 0 Å². The van der Waals surface area contributed by atoms with Crippen LogP contribution in [0, 0.1) is 11.8 Å². The fourth-order valence-electron chi connectivity index (χ4n) is 1.69. The third-order valence-electron chi connectivity index (χ3n) is 2.41. The van der Waals surface area contributed by atoms with Crippen LogP contribution in [-0.2, 0) is 4.79 Å². The molecule has 1 aliphatic heterocycles. The van der Waals surface area contributed by atoms with Gasteiger partial charge in [0.15, 0.2) is 0 Å². The number of carboxylic acid groups (broad SMARTS) is 1. The molecular weight excluding hydrogens is 161 g/mol. The Morgan fingerprint density at radius 1 is 1.67 bits per heavy atom. The highest BCUT2D eigenvalue weighted by Gasteiger charge is 2.34. The minimum atomic E-state index is -0.760. The van der Waals surface area contributed by atoms with Gasteiger partial charge in [-0.15, -0.1) is 0 Å². The van der Waals surface area contributed by atoms with Crippen molar-refractivity contribution < 1.29 is 14.3 Å². The fraction of sp³-hybridized carbons (Fsp3) is 0.875. The molecule has 2 atom stereocenters. The lowest BCUT2D eigenvalue weighted by Gasteiger charge is -2.11. The molecule has 1 fully saturated rings. The van der Waals surface area contributed by atoms with Crippen molar-refractivity contribution >= 4 is 5.97 Å². The van der Waals surface area contributed by atoms with Crippen LogP contribution >= 0.6 is 0 Å². The molecule has 1 aliphatic rings. The number of likely N-dealkylation sites (tertiary alicyclic amines) is 1. The first-order valence-electron chi connectivity index (χ1n) is 4.16. The van der Waals surface area contributed by atoms with Gasteiger partial charge in [0.2, 0.25) is 0 Å². The summed E-state index contributed by atoms with van der Waals surface area (Å²) in [5, 5.41) is 8.75. The summed E-state index contributed by atoms with van der Waals surface area (Å²) in [6.45, 7) is 3.09. The van der Waals surface area contributed by atoms with E-state index in [0.717, 1.165) is 0 Å². The largest absolute Gasteiger partial charge is 0.481 e. The van der Waals surface area contributed by atoms with E-state index in [1.54, 1.807) is 0 Å². The minimum absolute atomic E-state index is 0.147. The Kier molecular flexibility index (Phi) is 3.03. The second-order valence-corrected chi connectivity index (χ2v) is 3.37. The molecule has 0 radical (unpaired) electrons. The number of carboxylic acids is 1. The van der Waals surface area contributed by atoms with Crippen LogP contribution in [0.15, 0.2) is 0 Å². The first-order chi connectivity index (χ1) is 5.65. The van der Waals surface area contributed by atoms with Gasteiger partial charge < -0.3 is 5.11 Å². The molecule has 1 rings (SSSR count).